The second-order valence-electron chi connectivity index (χ2n) is 4.47. The highest BCUT2D eigenvalue weighted by molar-refractivity contribution is 7.12. The molecule has 0 saturated heterocycles. The van der Waals surface area contributed by atoms with Crippen LogP contribution in [0.2, 0.25) is 0 Å². The molecular weight excluding hydrogens is 288 g/mol. The van der Waals surface area contributed by atoms with Gasteiger partial charge in [0.15, 0.2) is 5.01 Å². The quantitative estimate of drug-likeness (QED) is 0.594. The van der Waals surface area contributed by atoms with E-state index < -0.39 is 0 Å². The molecule has 0 amide bonds. The van der Waals surface area contributed by atoms with Crippen molar-refractivity contribution in [3.8, 4) is 0 Å². The number of para-hydroxylation sites is 1. The zero-order valence-corrected chi connectivity index (χ0v) is 12.1. The summed E-state index contributed by atoms with van der Waals surface area (Å²) in [5.41, 5.74) is 2.05. The minimum Gasteiger partial charge on any atom is -0.469 e. The Kier molecular flexibility index (Phi) is 3.53. The van der Waals surface area contributed by atoms with Crippen molar-refractivity contribution in [2.75, 3.05) is 7.11 Å². The van der Waals surface area contributed by atoms with Crippen molar-refractivity contribution in [1.29, 1.82) is 0 Å². The van der Waals surface area contributed by atoms with Gasteiger partial charge in [-0.2, -0.15) is 0 Å². The Balaban J connectivity index is 1.90. The van der Waals surface area contributed by atoms with Crippen LogP contribution in [0.3, 0.4) is 0 Å². The first-order valence-electron chi connectivity index (χ1n) is 6.31. The molecule has 1 N–H and O–H groups in total. The predicted octanol–water partition coefficient (Wildman–Crippen LogP) is 2.57. The molecule has 0 fully saturated rings. The molecule has 6 heteroatoms. The van der Waals surface area contributed by atoms with E-state index in [0.29, 0.717) is 16.3 Å². The Bertz CT molecular complexity index is 819. The van der Waals surface area contributed by atoms with Crippen LogP contribution in [-0.2, 0) is 16.0 Å². The summed E-state index contributed by atoms with van der Waals surface area (Å²) in [6, 6.07) is 7.60. The van der Waals surface area contributed by atoms with Crippen LogP contribution in [0.4, 0.5) is 0 Å². The molecule has 21 heavy (non-hydrogen) atoms. The molecule has 0 spiro atoms. The van der Waals surface area contributed by atoms with Crippen LogP contribution in [0.5, 0.6) is 0 Å². The van der Waals surface area contributed by atoms with Crippen molar-refractivity contribution in [2.45, 2.75) is 6.42 Å². The van der Waals surface area contributed by atoms with Crippen LogP contribution in [0.25, 0.3) is 10.9 Å². The minimum absolute atomic E-state index is 0.0775. The molecule has 2 aromatic heterocycles. The zero-order chi connectivity index (χ0) is 14.8. The number of rotatable bonds is 4. The Morgan fingerprint density at radius 1 is 1.33 bits per heavy atom. The van der Waals surface area contributed by atoms with E-state index in [1.54, 1.807) is 11.6 Å². The molecule has 1 aromatic carbocycles. The number of esters is 1. The second kappa shape index (κ2) is 5.49. The molecule has 5 nitrogen and oxygen atoms in total. The van der Waals surface area contributed by atoms with Crippen molar-refractivity contribution in [3.05, 3.63) is 52.1 Å². The van der Waals surface area contributed by atoms with E-state index in [0.717, 1.165) is 10.9 Å². The number of ketones is 1. The third kappa shape index (κ3) is 2.57. The van der Waals surface area contributed by atoms with Gasteiger partial charge in [-0.25, -0.2) is 4.98 Å². The van der Waals surface area contributed by atoms with Gasteiger partial charge in [0.05, 0.1) is 24.8 Å². The predicted molar refractivity (Wildman–Crippen MR) is 79.6 cm³/mol. The lowest BCUT2D eigenvalue weighted by molar-refractivity contribution is -0.139. The van der Waals surface area contributed by atoms with Crippen molar-refractivity contribution in [1.82, 2.24) is 9.97 Å². The number of aromatic nitrogens is 2. The number of hydrogen-bond acceptors (Lipinski definition) is 5. The van der Waals surface area contributed by atoms with Crippen LogP contribution < -0.4 is 0 Å². The summed E-state index contributed by atoms with van der Waals surface area (Å²) in [6.07, 6.45) is 1.77. The summed E-state index contributed by atoms with van der Waals surface area (Å²) in [5, 5.41) is 2.95. The van der Waals surface area contributed by atoms with Crippen LogP contribution in [0, 0.1) is 0 Å². The standard InChI is InChI=1S/C15H12N2O3S/c1-20-13(18)6-9-8-21-15(17-9)14(19)11-7-16-12-5-3-2-4-10(11)12/h2-5,7-8,16H,6H2,1H3. The lowest BCUT2D eigenvalue weighted by Gasteiger charge is -1.96. The molecule has 2 heterocycles. The average Bonchev–Trinajstić information content (AvgIpc) is 3.13. The molecule has 0 radical (unpaired) electrons. The summed E-state index contributed by atoms with van der Waals surface area (Å²) in [7, 11) is 1.33. The number of thiazole rings is 1. The fourth-order valence-electron chi connectivity index (χ4n) is 2.09. The molecule has 0 aliphatic rings. The van der Waals surface area contributed by atoms with E-state index >= 15 is 0 Å². The Morgan fingerprint density at radius 3 is 2.95 bits per heavy atom. The van der Waals surface area contributed by atoms with Gasteiger partial charge < -0.3 is 9.72 Å². The summed E-state index contributed by atoms with van der Waals surface area (Å²) >= 11 is 1.23. The fraction of sp³-hybridized carbons (Fsp3) is 0.133. The number of ether oxygens (including phenoxy) is 1. The van der Waals surface area contributed by atoms with Gasteiger partial charge in [0.1, 0.15) is 0 Å². The molecule has 0 atom stereocenters. The molecule has 106 valence electrons. The monoisotopic (exact) mass is 300 g/mol. The summed E-state index contributed by atoms with van der Waals surface area (Å²) in [4.78, 5) is 31.0. The number of hydrogen-bond donors (Lipinski definition) is 1. The van der Waals surface area contributed by atoms with E-state index in [9.17, 15) is 9.59 Å². The number of nitrogens with one attached hydrogen (secondary N) is 1. The van der Waals surface area contributed by atoms with E-state index in [1.165, 1.54) is 18.4 Å². The zero-order valence-electron chi connectivity index (χ0n) is 11.3. The van der Waals surface area contributed by atoms with Gasteiger partial charge in [-0.15, -0.1) is 11.3 Å². The first-order chi connectivity index (χ1) is 10.2. The second-order valence-corrected chi connectivity index (χ2v) is 5.33. The largest absolute Gasteiger partial charge is 0.469 e. The third-order valence-electron chi connectivity index (χ3n) is 3.13. The summed E-state index contributed by atoms with van der Waals surface area (Å²) < 4.78 is 4.59. The van der Waals surface area contributed by atoms with Gasteiger partial charge in [-0.3, -0.25) is 9.59 Å². The topological polar surface area (TPSA) is 72.1 Å². The molecule has 0 unspecified atom stereocenters. The number of methoxy groups -OCH3 is 1. The van der Waals surface area contributed by atoms with Gasteiger partial charge in [-0.05, 0) is 6.07 Å². The van der Waals surface area contributed by atoms with E-state index in [2.05, 4.69) is 14.7 Å². The molecule has 3 aromatic rings. The van der Waals surface area contributed by atoms with Gasteiger partial charge in [0.25, 0.3) is 0 Å². The maximum atomic E-state index is 12.5. The Labute approximate surface area is 124 Å². The highest BCUT2D eigenvalue weighted by Crippen LogP contribution is 2.22. The number of benzene rings is 1. The smallest absolute Gasteiger partial charge is 0.311 e. The molecular formula is C15H12N2O3S. The van der Waals surface area contributed by atoms with Crippen LogP contribution in [0.15, 0.2) is 35.8 Å². The Morgan fingerprint density at radius 2 is 2.14 bits per heavy atom. The normalized spacial score (nSPS) is 10.7. The summed E-state index contributed by atoms with van der Waals surface area (Å²) in [5.74, 6) is -0.514. The number of fused-ring (bicyclic) bond motifs is 1. The van der Waals surface area contributed by atoms with E-state index in [-0.39, 0.29) is 18.2 Å². The lowest BCUT2D eigenvalue weighted by Crippen LogP contribution is -2.06. The highest BCUT2D eigenvalue weighted by atomic mass is 32.1. The average molecular weight is 300 g/mol. The molecule has 0 aliphatic carbocycles. The maximum absolute atomic E-state index is 12.5. The van der Waals surface area contributed by atoms with Crippen molar-refractivity contribution >= 4 is 34.0 Å². The first kappa shape index (κ1) is 13.5. The number of H-pyrrole nitrogens is 1. The van der Waals surface area contributed by atoms with Crippen LogP contribution in [-0.4, -0.2) is 28.8 Å². The SMILES string of the molecule is COC(=O)Cc1csc(C(=O)c2c[nH]c3ccccc23)n1. The maximum Gasteiger partial charge on any atom is 0.311 e. The van der Waals surface area contributed by atoms with Crippen LogP contribution in [0.1, 0.15) is 21.1 Å². The number of carbonyl (C=O) groups excluding carboxylic acids is 2. The fourth-order valence-corrected chi connectivity index (χ4v) is 2.86. The minimum atomic E-state index is -0.369. The number of aromatic amines is 1. The van der Waals surface area contributed by atoms with Gasteiger partial charge in [-0.1, -0.05) is 18.2 Å². The van der Waals surface area contributed by atoms with E-state index in [1.807, 2.05) is 24.3 Å². The van der Waals surface area contributed by atoms with Crippen molar-refractivity contribution in [3.63, 3.8) is 0 Å². The number of carbonyl (C=O) groups is 2. The molecule has 3 rings (SSSR count). The molecule has 0 aliphatic heterocycles. The summed E-state index contributed by atoms with van der Waals surface area (Å²) in [6.45, 7) is 0. The number of nitrogens with zero attached hydrogens (tertiary/aromatic N) is 1. The van der Waals surface area contributed by atoms with Crippen molar-refractivity contribution in [2.24, 2.45) is 0 Å². The van der Waals surface area contributed by atoms with Crippen molar-refractivity contribution < 1.29 is 14.3 Å². The van der Waals surface area contributed by atoms with Crippen LogP contribution >= 0.6 is 11.3 Å². The van der Waals surface area contributed by atoms with Gasteiger partial charge in [0.2, 0.25) is 5.78 Å². The third-order valence-corrected chi connectivity index (χ3v) is 4.02. The van der Waals surface area contributed by atoms with Gasteiger partial charge in [0, 0.05) is 22.5 Å². The first-order valence-corrected chi connectivity index (χ1v) is 7.19. The Hall–Kier alpha value is -2.47. The van der Waals surface area contributed by atoms with Gasteiger partial charge >= 0.3 is 5.97 Å². The highest BCUT2D eigenvalue weighted by Gasteiger charge is 2.18. The molecule has 0 saturated carbocycles. The molecule has 0 bridgehead atoms. The lowest BCUT2D eigenvalue weighted by atomic mass is 10.1. The van der Waals surface area contributed by atoms with E-state index in [4.69, 9.17) is 0 Å².